The molecule has 1 heterocycles. The van der Waals surface area contributed by atoms with E-state index in [0.717, 1.165) is 25.7 Å². The molecule has 0 aromatic carbocycles. The normalized spacial score (nSPS) is 12.7. The van der Waals surface area contributed by atoms with Crippen molar-refractivity contribution in [1.29, 1.82) is 0 Å². The summed E-state index contributed by atoms with van der Waals surface area (Å²) in [6.07, 6.45) is 15.1. The average Bonchev–Trinajstić information content (AvgIpc) is 3.00. The standard InChI is InChI=1S/C10H17N.C5H6/c1-4-8-7-11-10(6-3)9(8)5-2;1-2-4-5-3-1/h7,11H,4-6H2,1-3H3;1-4H,5H2. The van der Waals surface area contributed by atoms with Crippen LogP contribution in [0.3, 0.4) is 0 Å². The molecule has 0 amide bonds. The molecule has 0 radical (unpaired) electrons. The van der Waals surface area contributed by atoms with E-state index >= 15 is 0 Å². The third-order valence-corrected chi connectivity index (χ3v) is 2.92. The molecule has 0 saturated carbocycles. The van der Waals surface area contributed by atoms with Crippen molar-refractivity contribution < 1.29 is 0 Å². The zero-order valence-corrected chi connectivity index (χ0v) is 10.7. The number of hydrogen-bond acceptors (Lipinski definition) is 0. The van der Waals surface area contributed by atoms with Crippen molar-refractivity contribution in [2.75, 3.05) is 0 Å². The predicted molar refractivity (Wildman–Crippen MR) is 71.8 cm³/mol. The molecule has 1 aromatic rings. The minimum atomic E-state index is 1.13. The fourth-order valence-electron chi connectivity index (χ4n) is 2.01. The molecule has 0 bridgehead atoms. The van der Waals surface area contributed by atoms with Crippen LogP contribution in [0.1, 0.15) is 44.0 Å². The molecule has 1 aromatic heterocycles. The molecular formula is C15H23N. The van der Waals surface area contributed by atoms with Crippen LogP contribution in [0, 0.1) is 0 Å². The molecule has 0 unspecified atom stereocenters. The lowest BCUT2D eigenvalue weighted by molar-refractivity contribution is 0.985. The first kappa shape index (κ1) is 12.8. The first-order valence-electron chi connectivity index (χ1n) is 6.33. The highest BCUT2D eigenvalue weighted by atomic mass is 14.7. The first-order valence-corrected chi connectivity index (χ1v) is 6.33. The molecule has 1 heteroatoms. The van der Waals surface area contributed by atoms with Gasteiger partial charge in [-0.25, -0.2) is 0 Å². The third-order valence-electron chi connectivity index (χ3n) is 2.92. The number of aryl methyl sites for hydroxylation is 2. The lowest BCUT2D eigenvalue weighted by atomic mass is 10.1. The van der Waals surface area contributed by atoms with Gasteiger partial charge in [-0.2, -0.15) is 0 Å². The van der Waals surface area contributed by atoms with E-state index in [1.54, 1.807) is 0 Å². The number of hydrogen-bond donors (Lipinski definition) is 1. The highest BCUT2D eigenvalue weighted by molar-refractivity contribution is 5.30. The van der Waals surface area contributed by atoms with Crippen LogP contribution in [0.15, 0.2) is 30.5 Å². The Hall–Kier alpha value is -1.24. The number of aromatic nitrogens is 1. The van der Waals surface area contributed by atoms with Crippen LogP contribution in [0.5, 0.6) is 0 Å². The minimum Gasteiger partial charge on any atom is -0.364 e. The van der Waals surface area contributed by atoms with Gasteiger partial charge >= 0.3 is 0 Å². The second-order valence-electron chi connectivity index (χ2n) is 3.92. The van der Waals surface area contributed by atoms with Crippen LogP contribution < -0.4 is 0 Å². The van der Waals surface area contributed by atoms with Crippen molar-refractivity contribution in [2.24, 2.45) is 0 Å². The fraction of sp³-hybridized carbons (Fsp3) is 0.467. The van der Waals surface area contributed by atoms with E-state index in [1.165, 1.54) is 16.8 Å². The topological polar surface area (TPSA) is 15.8 Å². The maximum absolute atomic E-state index is 3.33. The molecule has 1 N–H and O–H groups in total. The van der Waals surface area contributed by atoms with E-state index < -0.39 is 0 Å². The second kappa shape index (κ2) is 7.10. The number of rotatable bonds is 3. The van der Waals surface area contributed by atoms with Gasteiger partial charge in [0.15, 0.2) is 0 Å². The van der Waals surface area contributed by atoms with Crippen LogP contribution in [0.4, 0.5) is 0 Å². The van der Waals surface area contributed by atoms with E-state index in [-0.39, 0.29) is 0 Å². The van der Waals surface area contributed by atoms with Crippen molar-refractivity contribution >= 4 is 0 Å². The van der Waals surface area contributed by atoms with Gasteiger partial charge in [0.1, 0.15) is 0 Å². The summed E-state index contributed by atoms with van der Waals surface area (Å²) in [7, 11) is 0. The lowest BCUT2D eigenvalue weighted by Crippen LogP contribution is -1.90. The smallest absolute Gasteiger partial charge is 0.0179 e. The van der Waals surface area contributed by atoms with Gasteiger partial charge in [-0.3, -0.25) is 0 Å². The second-order valence-corrected chi connectivity index (χ2v) is 3.92. The van der Waals surface area contributed by atoms with Gasteiger partial charge < -0.3 is 4.98 Å². The van der Waals surface area contributed by atoms with Crippen molar-refractivity contribution in [2.45, 2.75) is 46.5 Å². The summed E-state index contributed by atoms with van der Waals surface area (Å²) in [6, 6.07) is 0. The van der Waals surface area contributed by atoms with Crippen LogP contribution in [0.2, 0.25) is 0 Å². The van der Waals surface area contributed by atoms with Gasteiger partial charge in [0.25, 0.3) is 0 Å². The van der Waals surface area contributed by atoms with Crippen LogP contribution in [0.25, 0.3) is 0 Å². The van der Waals surface area contributed by atoms with Crippen molar-refractivity contribution in [3.8, 4) is 0 Å². The molecule has 0 fully saturated rings. The molecule has 16 heavy (non-hydrogen) atoms. The Kier molecular flexibility index (Phi) is 5.69. The molecule has 2 rings (SSSR count). The van der Waals surface area contributed by atoms with E-state index in [4.69, 9.17) is 0 Å². The van der Waals surface area contributed by atoms with Crippen LogP contribution in [-0.4, -0.2) is 4.98 Å². The van der Waals surface area contributed by atoms with E-state index in [2.05, 4.69) is 56.3 Å². The quantitative estimate of drug-likeness (QED) is 0.781. The van der Waals surface area contributed by atoms with Gasteiger partial charge in [-0.15, -0.1) is 0 Å². The Morgan fingerprint density at radius 1 is 1.00 bits per heavy atom. The Morgan fingerprint density at radius 3 is 2.06 bits per heavy atom. The first-order chi connectivity index (χ1) is 7.83. The van der Waals surface area contributed by atoms with Gasteiger partial charge in [0, 0.05) is 11.9 Å². The Labute approximate surface area is 99.3 Å². The number of allylic oxidation sites excluding steroid dienone is 4. The maximum Gasteiger partial charge on any atom is 0.0179 e. The minimum absolute atomic E-state index is 1.13. The summed E-state index contributed by atoms with van der Waals surface area (Å²) in [6.45, 7) is 6.63. The molecule has 1 aliphatic rings. The highest BCUT2D eigenvalue weighted by Crippen LogP contribution is 2.15. The van der Waals surface area contributed by atoms with Gasteiger partial charge in [-0.05, 0) is 36.8 Å². The number of aromatic amines is 1. The molecule has 0 saturated heterocycles. The monoisotopic (exact) mass is 217 g/mol. The van der Waals surface area contributed by atoms with Crippen LogP contribution >= 0.6 is 0 Å². The van der Waals surface area contributed by atoms with E-state index in [9.17, 15) is 0 Å². The third kappa shape index (κ3) is 3.41. The van der Waals surface area contributed by atoms with Gasteiger partial charge in [-0.1, -0.05) is 45.1 Å². The maximum atomic E-state index is 3.33. The van der Waals surface area contributed by atoms with E-state index in [1.807, 2.05) is 0 Å². The summed E-state index contributed by atoms with van der Waals surface area (Å²) >= 11 is 0. The zero-order chi connectivity index (χ0) is 11.8. The Bertz CT molecular complexity index is 324. The summed E-state index contributed by atoms with van der Waals surface area (Å²) in [5.74, 6) is 0. The summed E-state index contributed by atoms with van der Waals surface area (Å²) in [5.41, 5.74) is 4.45. The molecule has 88 valence electrons. The molecule has 1 nitrogen and oxygen atoms in total. The summed E-state index contributed by atoms with van der Waals surface area (Å²) in [5, 5.41) is 0. The van der Waals surface area contributed by atoms with Crippen LogP contribution in [-0.2, 0) is 19.3 Å². The number of H-pyrrole nitrogens is 1. The lowest BCUT2D eigenvalue weighted by Gasteiger charge is -1.99. The summed E-state index contributed by atoms with van der Waals surface area (Å²) in [4.78, 5) is 3.33. The highest BCUT2D eigenvalue weighted by Gasteiger charge is 2.04. The molecule has 1 aliphatic carbocycles. The molecule has 0 spiro atoms. The van der Waals surface area contributed by atoms with Gasteiger partial charge in [0.2, 0.25) is 0 Å². The van der Waals surface area contributed by atoms with Crippen molar-refractivity contribution in [3.63, 3.8) is 0 Å². The van der Waals surface area contributed by atoms with Gasteiger partial charge in [0.05, 0.1) is 0 Å². The SMILES string of the molecule is C1=CCC=C1.CCc1c[nH]c(CC)c1CC. The average molecular weight is 217 g/mol. The fourth-order valence-corrected chi connectivity index (χ4v) is 2.01. The van der Waals surface area contributed by atoms with E-state index in [0.29, 0.717) is 0 Å². The summed E-state index contributed by atoms with van der Waals surface area (Å²) < 4.78 is 0. The Balaban J connectivity index is 0.000000212. The number of nitrogens with one attached hydrogen (secondary N) is 1. The zero-order valence-electron chi connectivity index (χ0n) is 10.7. The molecule has 0 atom stereocenters. The molecular weight excluding hydrogens is 194 g/mol. The Morgan fingerprint density at radius 2 is 1.69 bits per heavy atom. The predicted octanol–water partition coefficient (Wildman–Crippen LogP) is 4.20. The van der Waals surface area contributed by atoms with Crippen molar-refractivity contribution in [1.82, 2.24) is 4.98 Å². The largest absolute Gasteiger partial charge is 0.364 e. The molecule has 0 aliphatic heterocycles. The van der Waals surface area contributed by atoms with Crippen molar-refractivity contribution in [3.05, 3.63) is 47.3 Å².